The lowest BCUT2D eigenvalue weighted by Gasteiger charge is -2.34. The summed E-state index contributed by atoms with van der Waals surface area (Å²) >= 11 is 0. The number of morpholine rings is 1. The molecule has 0 N–H and O–H groups in total. The highest BCUT2D eigenvalue weighted by atomic mass is 16.9. The smallest absolute Gasteiger partial charge is 0.190 e. The molecule has 24 heavy (non-hydrogen) atoms. The lowest BCUT2D eigenvalue weighted by Crippen LogP contribution is -2.49. The number of nitrogens with zero attached hydrogens (tertiary/aromatic N) is 1. The Morgan fingerprint density at radius 1 is 0.917 bits per heavy atom. The van der Waals surface area contributed by atoms with Gasteiger partial charge in [0.25, 0.3) is 0 Å². The zero-order chi connectivity index (χ0) is 16.9. The van der Waals surface area contributed by atoms with Gasteiger partial charge in [-0.3, -0.25) is 4.84 Å². The minimum atomic E-state index is -0.681. The maximum Gasteiger partial charge on any atom is 0.190 e. The zero-order valence-corrected chi connectivity index (χ0v) is 14.7. The predicted molar refractivity (Wildman–Crippen MR) is 80.9 cm³/mol. The van der Waals surface area contributed by atoms with Gasteiger partial charge in [-0.15, -0.1) is 0 Å². The molecule has 4 saturated heterocycles. The van der Waals surface area contributed by atoms with E-state index >= 15 is 0 Å². The largest absolute Gasteiger partial charge is 0.379 e. The van der Waals surface area contributed by atoms with E-state index in [9.17, 15) is 0 Å². The Morgan fingerprint density at radius 3 is 2.33 bits per heavy atom. The van der Waals surface area contributed by atoms with Gasteiger partial charge >= 0.3 is 0 Å². The number of hydrogen-bond acceptors (Lipinski definition) is 8. The highest BCUT2D eigenvalue weighted by Crippen LogP contribution is 2.42. The maximum absolute atomic E-state index is 6.24. The molecule has 0 aromatic carbocycles. The lowest BCUT2D eigenvalue weighted by molar-refractivity contribution is -0.281. The molecule has 4 heterocycles. The van der Waals surface area contributed by atoms with E-state index in [1.807, 2.05) is 32.8 Å². The van der Waals surface area contributed by atoms with E-state index in [1.54, 1.807) is 0 Å². The summed E-state index contributed by atoms with van der Waals surface area (Å²) in [6.07, 6.45) is -1.58. The van der Waals surface area contributed by atoms with Gasteiger partial charge in [-0.25, -0.2) is 0 Å². The normalized spacial score (nSPS) is 44.8. The Labute approximate surface area is 142 Å². The van der Waals surface area contributed by atoms with Gasteiger partial charge in [0.2, 0.25) is 0 Å². The topological polar surface area (TPSA) is 67.9 Å². The van der Waals surface area contributed by atoms with Crippen molar-refractivity contribution in [3.05, 3.63) is 0 Å². The van der Waals surface area contributed by atoms with Gasteiger partial charge in [0.1, 0.15) is 24.4 Å². The fourth-order valence-corrected chi connectivity index (χ4v) is 3.62. The summed E-state index contributed by atoms with van der Waals surface area (Å²) < 4.78 is 35.1. The second-order valence-electron chi connectivity index (χ2n) is 7.55. The molecule has 0 aromatic heterocycles. The summed E-state index contributed by atoms with van der Waals surface area (Å²) in [5, 5.41) is 1.92. The van der Waals surface area contributed by atoms with E-state index in [1.165, 1.54) is 0 Å². The van der Waals surface area contributed by atoms with Crippen LogP contribution in [0.25, 0.3) is 0 Å². The number of ether oxygens (including phenoxy) is 6. The molecule has 4 fully saturated rings. The molecule has 1 unspecified atom stereocenters. The van der Waals surface area contributed by atoms with Gasteiger partial charge in [-0.2, -0.15) is 5.06 Å². The van der Waals surface area contributed by atoms with Crippen LogP contribution >= 0.6 is 0 Å². The van der Waals surface area contributed by atoms with Crippen LogP contribution in [0, 0.1) is 0 Å². The Bertz CT molecular complexity index is 465. The van der Waals surface area contributed by atoms with Crippen LogP contribution in [-0.2, 0) is 33.3 Å². The van der Waals surface area contributed by atoms with Crippen molar-refractivity contribution in [2.45, 2.75) is 70.0 Å². The van der Waals surface area contributed by atoms with E-state index in [2.05, 4.69) is 0 Å². The van der Waals surface area contributed by atoms with Gasteiger partial charge in [0.05, 0.1) is 19.8 Å². The fourth-order valence-electron chi connectivity index (χ4n) is 3.62. The molecule has 0 amide bonds. The maximum atomic E-state index is 6.24. The third kappa shape index (κ3) is 3.34. The number of rotatable bonds is 3. The lowest BCUT2D eigenvalue weighted by atomic mass is 10.1. The van der Waals surface area contributed by atoms with Crippen LogP contribution in [0.15, 0.2) is 0 Å². The van der Waals surface area contributed by atoms with Crippen molar-refractivity contribution < 1.29 is 33.3 Å². The monoisotopic (exact) mass is 345 g/mol. The van der Waals surface area contributed by atoms with Gasteiger partial charge in [0.15, 0.2) is 17.9 Å². The van der Waals surface area contributed by atoms with E-state index in [0.29, 0.717) is 19.8 Å². The van der Waals surface area contributed by atoms with Crippen molar-refractivity contribution in [3.63, 3.8) is 0 Å². The molecule has 138 valence electrons. The molecule has 8 nitrogen and oxygen atoms in total. The Morgan fingerprint density at radius 2 is 1.67 bits per heavy atom. The Kier molecular flexibility index (Phi) is 4.38. The third-order valence-electron chi connectivity index (χ3n) is 4.66. The average Bonchev–Trinajstić information content (AvgIpc) is 3.11. The van der Waals surface area contributed by atoms with Crippen LogP contribution in [0.2, 0.25) is 0 Å². The summed E-state index contributed by atoms with van der Waals surface area (Å²) in [6.45, 7) is 10.8. The molecular weight excluding hydrogens is 318 g/mol. The Hall–Kier alpha value is -0.320. The van der Waals surface area contributed by atoms with Gasteiger partial charge in [0, 0.05) is 13.1 Å². The zero-order valence-electron chi connectivity index (χ0n) is 14.7. The second kappa shape index (κ2) is 6.14. The second-order valence-corrected chi connectivity index (χ2v) is 7.55. The van der Waals surface area contributed by atoms with Crippen molar-refractivity contribution >= 4 is 0 Å². The van der Waals surface area contributed by atoms with Crippen molar-refractivity contribution in [1.29, 1.82) is 0 Å². The highest BCUT2D eigenvalue weighted by molar-refractivity contribution is 4.98. The summed E-state index contributed by atoms with van der Waals surface area (Å²) in [7, 11) is 0. The van der Waals surface area contributed by atoms with Crippen LogP contribution in [0.1, 0.15) is 27.7 Å². The number of hydroxylamine groups is 2. The average molecular weight is 345 g/mol. The molecule has 4 rings (SSSR count). The first-order valence-corrected chi connectivity index (χ1v) is 8.65. The molecule has 0 bridgehead atoms. The first-order valence-electron chi connectivity index (χ1n) is 8.65. The minimum Gasteiger partial charge on any atom is -0.379 e. The van der Waals surface area contributed by atoms with Gasteiger partial charge in [-0.05, 0) is 27.7 Å². The molecule has 4 aliphatic heterocycles. The molecule has 0 aromatic rings. The van der Waals surface area contributed by atoms with Crippen molar-refractivity contribution in [2.75, 3.05) is 32.9 Å². The molecule has 0 aliphatic carbocycles. The molecule has 0 saturated carbocycles. The van der Waals surface area contributed by atoms with Gasteiger partial charge in [-0.1, -0.05) is 0 Å². The van der Waals surface area contributed by atoms with Crippen LogP contribution in [0.3, 0.4) is 0 Å². The van der Waals surface area contributed by atoms with E-state index < -0.39 is 17.9 Å². The van der Waals surface area contributed by atoms with E-state index in [4.69, 9.17) is 33.3 Å². The standard InChI is InChI=1S/C16H27NO7/c1-15(2)19-9-10(21-15)11-12(24-17-5-7-18-8-6-17)13-14(20-11)23-16(3,4)22-13/h10-14H,5-9H2,1-4H3/t10-,11-,12?,13+,14-/m1/s1. The minimum absolute atomic E-state index is 0.216. The number of hydrogen-bond donors (Lipinski definition) is 0. The van der Waals surface area contributed by atoms with Crippen LogP contribution in [0.5, 0.6) is 0 Å². The van der Waals surface area contributed by atoms with Crippen LogP contribution in [-0.4, -0.2) is 80.3 Å². The fraction of sp³-hybridized carbons (Fsp3) is 1.00. The SMILES string of the molecule is CC1(C)OC[C@H]([C@H]2O[C@@H]3OC(C)(C)O[C@H]3C2ON2CCOCC2)O1. The van der Waals surface area contributed by atoms with Crippen molar-refractivity contribution in [1.82, 2.24) is 5.06 Å². The van der Waals surface area contributed by atoms with Crippen LogP contribution in [0.4, 0.5) is 0 Å². The third-order valence-corrected chi connectivity index (χ3v) is 4.66. The summed E-state index contributed by atoms with van der Waals surface area (Å²) in [4.78, 5) is 6.24. The predicted octanol–water partition coefficient (Wildman–Crippen LogP) is 0.647. The molecule has 8 heteroatoms. The van der Waals surface area contributed by atoms with Crippen molar-refractivity contribution in [2.24, 2.45) is 0 Å². The molecule has 0 spiro atoms. The summed E-state index contributed by atoms with van der Waals surface area (Å²) in [5.74, 6) is -1.30. The van der Waals surface area contributed by atoms with E-state index in [0.717, 1.165) is 13.1 Å². The van der Waals surface area contributed by atoms with Crippen LogP contribution < -0.4 is 0 Å². The molecule has 0 radical (unpaired) electrons. The first-order chi connectivity index (χ1) is 11.3. The summed E-state index contributed by atoms with van der Waals surface area (Å²) in [5.41, 5.74) is 0. The van der Waals surface area contributed by atoms with E-state index in [-0.39, 0.29) is 24.4 Å². The quantitative estimate of drug-likeness (QED) is 0.738. The Balaban J connectivity index is 1.50. The molecule has 4 aliphatic rings. The molecule has 5 atom stereocenters. The first kappa shape index (κ1) is 17.1. The molecular formula is C16H27NO7. The van der Waals surface area contributed by atoms with Crippen molar-refractivity contribution in [3.8, 4) is 0 Å². The summed E-state index contributed by atoms with van der Waals surface area (Å²) in [6, 6.07) is 0. The highest BCUT2D eigenvalue weighted by Gasteiger charge is 2.59. The number of fused-ring (bicyclic) bond motifs is 1. The van der Waals surface area contributed by atoms with Gasteiger partial charge < -0.3 is 28.4 Å².